The van der Waals surface area contributed by atoms with Gasteiger partial charge in [0.05, 0.1) is 16.6 Å². The van der Waals surface area contributed by atoms with Crippen molar-refractivity contribution < 1.29 is 0 Å². The van der Waals surface area contributed by atoms with Crippen molar-refractivity contribution in [2.45, 2.75) is 6.92 Å². The zero-order valence-corrected chi connectivity index (χ0v) is 8.19. The highest BCUT2D eigenvalue weighted by Gasteiger charge is 2.08. The molecule has 0 amide bonds. The van der Waals surface area contributed by atoms with Crippen LogP contribution in [0.5, 0.6) is 0 Å². The summed E-state index contributed by atoms with van der Waals surface area (Å²) in [6.07, 6.45) is 1.94. The Balaban J connectivity index is 2.72. The zero-order chi connectivity index (χ0) is 10.4. The van der Waals surface area contributed by atoms with Gasteiger partial charge in [-0.1, -0.05) is 6.07 Å². The average molecular weight is 199 g/mol. The molecule has 0 aliphatic carbocycles. The molecule has 0 radical (unpaired) electrons. The third-order valence-electron chi connectivity index (χ3n) is 2.59. The Morgan fingerprint density at radius 2 is 2.27 bits per heavy atom. The molecule has 3 aromatic rings. The summed E-state index contributed by atoms with van der Waals surface area (Å²) in [5.41, 5.74) is 2.58. The lowest BCUT2D eigenvalue weighted by Gasteiger charge is -1.97. The summed E-state index contributed by atoms with van der Waals surface area (Å²) in [7, 11) is 0. The second kappa shape index (κ2) is 2.70. The molecule has 1 N–H and O–H groups in total. The van der Waals surface area contributed by atoms with E-state index in [9.17, 15) is 4.79 Å². The van der Waals surface area contributed by atoms with Gasteiger partial charge in [0.1, 0.15) is 0 Å². The third-order valence-corrected chi connectivity index (χ3v) is 2.59. The second-order valence-electron chi connectivity index (χ2n) is 3.54. The van der Waals surface area contributed by atoms with Crippen LogP contribution in [0.3, 0.4) is 0 Å². The quantitative estimate of drug-likeness (QED) is 0.596. The lowest BCUT2D eigenvalue weighted by molar-refractivity contribution is 0.962. The highest BCUT2D eigenvalue weighted by Crippen LogP contribution is 2.17. The van der Waals surface area contributed by atoms with Crippen LogP contribution in [0.15, 0.2) is 35.3 Å². The monoisotopic (exact) mass is 199 g/mol. The van der Waals surface area contributed by atoms with Gasteiger partial charge in [0.25, 0.3) is 5.56 Å². The molecule has 3 heterocycles. The molecule has 0 spiro atoms. The molecule has 0 saturated carbocycles. The van der Waals surface area contributed by atoms with Gasteiger partial charge in [0, 0.05) is 11.7 Å². The van der Waals surface area contributed by atoms with Crippen molar-refractivity contribution >= 4 is 16.4 Å². The number of aromatic amines is 1. The van der Waals surface area contributed by atoms with Crippen LogP contribution < -0.4 is 5.56 Å². The van der Waals surface area contributed by atoms with Crippen LogP contribution in [0.1, 0.15) is 5.69 Å². The van der Waals surface area contributed by atoms with E-state index in [1.165, 1.54) is 0 Å². The molecule has 3 rings (SSSR count). The van der Waals surface area contributed by atoms with Gasteiger partial charge in [-0.2, -0.15) is 5.10 Å². The van der Waals surface area contributed by atoms with Gasteiger partial charge in [0.15, 0.2) is 0 Å². The Bertz CT molecular complexity index is 708. The van der Waals surface area contributed by atoms with Crippen molar-refractivity contribution in [3.8, 4) is 0 Å². The minimum Gasteiger partial charge on any atom is -0.315 e. The first-order chi connectivity index (χ1) is 7.27. The molecule has 4 nitrogen and oxygen atoms in total. The van der Waals surface area contributed by atoms with Gasteiger partial charge < -0.3 is 4.40 Å². The molecule has 0 bridgehead atoms. The van der Waals surface area contributed by atoms with Crippen molar-refractivity contribution in [1.82, 2.24) is 14.6 Å². The Hall–Kier alpha value is -2.10. The number of rotatable bonds is 0. The number of fused-ring (bicyclic) bond motifs is 3. The van der Waals surface area contributed by atoms with Gasteiger partial charge in [-0.05, 0) is 25.1 Å². The second-order valence-corrected chi connectivity index (χ2v) is 3.54. The fourth-order valence-corrected chi connectivity index (χ4v) is 1.91. The highest BCUT2D eigenvalue weighted by atomic mass is 16.1. The van der Waals surface area contributed by atoms with E-state index in [2.05, 4.69) is 10.2 Å². The van der Waals surface area contributed by atoms with Crippen LogP contribution >= 0.6 is 0 Å². The average Bonchev–Trinajstić information content (AvgIpc) is 2.64. The lowest BCUT2D eigenvalue weighted by atomic mass is 10.3. The normalized spacial score (nSPS) is 11.3. The molecule has 0 aromatic carbocycles. The number of aryl methyl sites for hydroxylation is 1. The van der Waals surface area contributed by atoms with E-state index >= 15 is 0 Å². The van der Waals surface area contributed by atoms with Crippen molar-refractivity contribution in [2.24, 2.45) is 0 Å². The molecule has 4 heteroatoms. The molecule has 0 aliphatic rings. The first-order valence-corrected chi connectivity index (χ1v) is 4.72. The van der Waals surface area contributed by atoms with Crippen LogP contribution in [-0.4, -0.2) is 14.6 Å². The summed E-state index contributed by atoms with van der Waals surface area (Å²) in [4.78, 5) is 11.6. The van der Waals surface area contributed by atoms with Crippen molar-refractivity contribution in [1.29, 1.82) is 0 Å². The van der Waals surface area contributed by atoms with E-state index in [-0.39, 0.29) is 5.56 Å². The van der Waals surface area contributed by atoms with Crippen molar-refractivity contribution in [2.75, 3.05) is 0 Å². The number of hydrogen-bond donors (Lipinski definition) is 1. The number of H-pyrrole nitrogens is 1. The number of nitrogens with one attached hydrogen (secondary N) is 1. The molecule has 74 valence electrons. The number of pyridine rings is 1. The molecular weight excluding hydrogens is 190 g/mol. The Labute approximate surface area is 85.2 Å². The number of nitrogens with zero attached hydrogens (tertiary/aromatic N) is 2. The lowest BCUT2D eigenvalue weighted by Crippen LogP contribution is -2.08. The molecular formula is C11H9N3O. The summed E-state index contributed by atoms with van der Waals surface area (Å²) in [6.45, 7) is 1.89. The molecule has 3 aromatic heterocycles. The fraction of sp³-hybridized carbons (Fsp3) is 0.0909. The van der Waals surface area contributed by atoms with Crippen LogP contribution in [0.4, 0.5) is 0 Å². The van der Waals surface area contributed by atoms with Crippen molar-refractivity contribution in [3.63, 3.8) is 0 Å². The highest BCUT2D eigenvalue weighted by molar-refractivity contribution is 5.87. The standard InChI is InChI=1S/C11H9N3O/c1-7-10-9(11(15)13-12-7)6-8-4-2-3-5-14(8)10/h2-6H,1H3,(H,13,15). The Morgan fingerprint density at radius 1 is 1.40 bits per heavy atom. The summed E-state index contributed by atoms with van der Waals surface area (Å²) < 4.78 is 1.98. The molecule has 0 fully saturated rings. The molecule has 0 unspecified atom stereocenters. The fourth-order valence-electron chi connectivity index (χ4n) is 1.91. The van der Waals surface area contributed by atoms with Gasteiger partial charge in [-0.3, -0.25) is 4.79 Å². The molecule has 0 saturated heterocycles. The summed E-state index contributed by atoms with van der Waals surface area (Å²) in [6, 6.07) is 7.74. The van der Waals surface area contributed by atoms with Crippen LogP contribution in [-0.2, 0) is 0 Å². The van der Waals surface area contributed by atoms with Crippen LogP contribution in [0, 0.1) is 6.92 Å². The number of hydrogen-bond acceptors (Lipinski definition) is 2. The van der Waals surface area contributed by atoms with E-state index < -0.39 is 0 Å². The SMILES string of the molecule is Cc1n[nH]c(=O)c2cc3ccccn3c12. The first-order valence-electron chi connectivity index (χ1n) is 4.72. The van der Waals surface area contributed by atoms with Crippen molar-refractivity contribution in [3.05, 3.63) is 46.5 Å². The number of aromatic nitrogens is 3. The topological polar surface area (TPSA) is 50.2 Å². The zero-order valence-electron chi connectivity index (χ0n) is 8.19. The van der Waals surface area contributed by atoms with E-state index in [4.69, 9.17) is 0 Å². The van der Waals surface area contributed by atoms with Gasteiger partial charge >= 0.3 is 0 Å². The van der Waals surface area contributed by atoms with Gasteiger partial charge in [0.2, 0.25) is 0 Å². The summed E-state index contributed by atoms with van der Waals surface area (Å²) in [5.74, 6) is 0. The Kier molecular flexibility index (Phi) is 1.48. The Morgan fingerprint density at radius 3 is 3.13 bits per heavy atom. The minimum absolute atomic E-state index is 0.140. The largest absolute Gasteiger partial charge is 0.315 e. The summed E-state index contributed by atoms with van der Waals surface area (Å²) in [5, 5.41) is 7.14. The van der Waals surface area contributed by atoms with Crippen LogP contribution in [0.2, 0.25) is 0 Å². The van der Waals surface area contributed by atoms with E-state index in [1.54, 1.807) is 0 Å². The minimum atomic E-state index is -0.140. The van der Waals surface area contributed by atoms with E-state index in [1.807, 2.05) is 41.8 Å². The summed E-state index contributed by atoms with van der Waals surface area (Å²) >= 11 is 0. The molecule has 0 aliphatic heterocycles. The maximum atomic E-state index is 11.6. The maximum absolute atomic E-state index is 11.6. The van der Waals surface area contributed by atoms with Crippen LogP contribution in [0.25, 0.3) is 16.4 Å². The molecule has 15 heavy (non-hydrogen) atoms. The third kappa shape index (κ3) is 1.01. The smallest absolute Gasteiger partial charge is 0.273 e. The predicted octanol–water partition coefficient (Wildman–Crippen LogP) is 1.48. The van der Waals surface area contributed by atoms with Gasteiger partial charge in [-0.25, -0.2) is 5.10 Å². The van der Waals surface area contributed by atoms with E-state index in [0.717, 1.165) is 16.7 Å². The van der Waals surface area contributed by atoms with Gasteiger partial charge in [-0.15, -0.1) is 0 Å². The van der Waals surface area contributed by atoms with E-state index in [0.29, 0.717) is 5.39 Å². The predicted molar refractivity (Wildman–Crippen MR) is 58.1 cm³/mol. The maximum Gasteiger partial charge on any atom is 0.273 e. The first kappa shape index (κ1) is 8.23. The molecule has 0 atom stereocenters.